The van der Waals surface area contributed by atoms with Crippen LogP contribution in [0.15, 0.2) is 23.6 Å². The molecule has 0 saturated heterocycles. The van der Waals surface area contributed by atoms with Gasteiger partial charge in [-0.15, -0.1) is 11.3 Å². The lowest BCUT2D eigenvalue weighted by Gasteiger charge is -2.17. The number of nitriles is 1. The molecule has 1 aromatic heterocycles. The second-order valence-electron chi connectivity index (χ2n) is 3.84. The van der Waals surface area contributed by atoms with Crippen LogP contribution in [-0.2, 0) is 12.8 Å². The van der Waals surface area contributed by atoms with Gasteiger partial charge in [-0.3, -0.25) is 0 Å². The summed E-state index contributed by atoms with van der Waals surface area (Å²) in [5.41, 5.74) is 3.44. The maximum Gasteiger partial charge on any atom is 0.141 e. The van der Waals surface area contributed by atoms with E-state index in [9.17, 15) is 4.39 Å². The fourth-order valence-corrected chi connectivity index (χ4v) is 3.25. The molecule has 0 saturated carbocycles. The van der Waals surface area contributed by atoms with E-state index >= 15 is 0 Å². The SMILES string of the molecule is N#Cc1c(F)ccc2c1CCc1ccsc1-2. The Kier molecular flexibility index (Phi) is 2.05. The average Bonchev–Trinajstić information content (AvgIpc) is 2.76. The first-order valence-corrected chi connectivity index (χ1v) is 5.97. The molecule has 0 amide bonds. The lowest BCUT2D eigenvalue weighted by Crippen LogP contribution is -2.05. The van der Waals surface area contributed by atoms with E-state index in [4.69, 9.17) is 5.26 Å². The van der Waals surface area contributed by atoms with Gasteiger partial charge in [-0.05, 0) is 47.0 Å². The van der Waals surface area contributed by atoms with Crippen molar-refractivity contribution in [3.63, 3.8) is 0 Å². The van der Waals surface area contributed by atoms with Gasteiger partial charge in [0, 0.05) is 4.88 Å². The van der Waals surface area contributed by atoms with Gasteiger partial charge in [-0.25, -0.2) is 4.39 Å². The van der Waals surface area contributed by atoms with Crippen molar-refractivity contribution in [2.24, 2.45) is 0 Å². The zero-order chi connectivity index (χ0) is 11.1. The monoisotopic (exact) mass is 229 g/mol. The maximum absolute atomic E-state index is 13.5. The van der Waals surface area contributed by atoms with Crippen LogP contribution in [0, 0.1) is 17.1 Å². The number of benzene rings is 1. The summed E-state index contributed by atoms with van der Waals surface area (Å²) < 4.78 is 13.5. The predicted octanol–water partition coefficient (Wildman–Crippen LogP) is 3.52. The van der Waals surface area contributed by atoms with Gasteiger partial charge in [0.15, 0.2) is 0 Å². The Morgan fingerprint density at radius 1 is 1.25 bits per heavy atom. The predicted molar refractivity (Wildman–Crippen MR) is 61.8 cm³/mol. The molecule has 0 fully saturated rings. The van der Waals surface area contributed by atoms with Crippen LogP contribution in [0.2, 0.25) is 0 Å². The largest absolute Gasteiger partial charge is 0.206 e. The Balaban J connectivity index is 2.33. The smallest absolute Gasteiger partial charge is 0.141 e. The van der Waals surface area contributed by atoms with Crippen molar-refractivity contribution in [3.05, 3.63) is 46.1 Å². The van der Waals surface area contributed by atoms with Crippen molar-refractivity contribution in [1.82, 2.24) is 0 Å². The van der Waals surface area contributed by atoms with Gasteiger partial charge < -0.3 is 0 Å². The van der Waals surface area contributed by atoms with Gasteiger partial charge in [0.05, 0.1) is 5.56 Å². The third kappa shape index (κ3) is 1.20. The van der Waals surface area contributed by atoms with Crippen LogP contribution in [0.5, 0.6) is 0 Å². The van der Waals surface area contributed by atoms with Crippen LogP contribution >= 0.6 is 11.3 Å². The van der Waals surface area contributed by atoms with Crippen molar-refractivity contribution in [2.75, 3.05) is 0 Å². The average molecular weight is 229 g/mol. The summed E-state index contributed by atoms with van der Waals surface area (Å²) in [6, 6.07) is 7.27. The van der Waals surface area contributed by atoms with Crippen molar-refractivity contribution < 1.29 is 4.39 Å². The lowest BCUT2D eigenvalue weighted by molar-refractivity contribution is 0.621. The van der Waals surface area contributed by atoms with Gasteiger partial charge in [-0.2, -0.15) is 5.26 Å². The van der Waals surface area contributed by atoms with E-state index in [-0.39, 0.29) is 5.56 Å². The van der Waals surface area contributed by atoms with E-state index in [1.54, 1.807) is 17.4 Å². The quantitative estimate of drug-likeness (QED) is 0.678. The molecule has 0 spiro atoms. The number of thiophene rings is 1. The second kappa shape index (κ2) is 3.43. The summed E-state index contributed by atoms with van der Waals surface area (Å²) >= 11 is 1.66. The highest BCUT2D eigenvalue weighted by Gasteiger charge is 2.21. The number of rotatable bonds is 0. The molecule has 16 heavy (non-hydrogen) atoms. The topological polar surface area (TPSA) is 23.8 Å². The molecular weight excluding hydrogens is 221 g/mol. The Morgan fingerprint density at radius 2 is 2.12 bits per heavy atom. The fourth-order valence-electron chi connectivity index (χ4n) is 2.24. The minimum Gasteiger partial charge on any atom is -0.206 e. The first-order valence-electron chi connectivity index (χ1n) is 5.09. The normalized spacial score (nSPS) is 12.8. The van der Waals surface area contributed by atoms with Gasteiger partial charge >= 0.3 is 0 Å². The molecular formula is C13H8FNS. The van der Waals surface area contributed by atoms with Crippen LogP contribution in [-0.4, -0.2) is 0 Å². The van der Waals surface area contributed by atoms with Crippen LogP contribution in [0.25, 0.3) is 10.4 Å². The molecule has 0 radical (unpaired) electrons. The van der Waals surface area contributed by atoms with Gasteiger partial charge in [0.2, 0.25) is 0 Å². The lowest BCUT2D eigenvalue weighted by atomic mass is 9.88. The van der Waals surface area contributed by atoms with Crippen molar-refractivity contribution in [3.8, 4) is 16.5 Å². The van der Waals surface area contributed by atoms with E-state index in [1.165, 1.54) is 16.5 Å². The number of halogens is 1. The van der Waals surface area contributed by atoms with E-state index < -0.39 is 5.82 Å². The third-order valence-electron chi connectivity index (χ3n) is 3.01. The van der Waals surface area contributed by atoms with Gasteiger partial charge in [0.25, 0.3) is 0 Å². The summed E-state index contributed by atoms with van der Waals surface area (Å²) in [5, 5.41) is 11.0. The summed E-state index contributed by atoms with van der Waals surface area (Å²) in [5.74, 6) is -0.402. The minimum absolute atomic E-state index is 0.219. The molecule has 0 atom stereocenters. The summed E-state index contributed by atoms with van der Waals surface area (Å²) in [6.07, 6.45) is 1.67. The molecule has 0 aliphatic heterocycles. The molecule has 0 unspecified atom stereocenters. The first-order chi connectivity index (χ1) is 7.81. The third-order valence-corrected chi connectivity index (χ3v) is 4.00. The zero-order valence-electron chi connectivity index (χ0n) is 8.46. The molecule has 0 N–H and O–H groups in total. The van der Waals surface area contributed by atoms with Crippen molar-refractivity contribution in [2.45, 2.75) is 12.8 Å². The van der Waals surface area contributed by atoms with Crippen LogP contribution in [0.1, 0.15) is 16.7 Å². The second-order valence-corrected chi connectivity index (χ2v) is 4.75. The standard InChI is InChI=1S/C13H8FNS/c14-12-4-3-10-9(11(12)7-15)2-1-8-5-6-16-13(8)10/h3-6H,1-2H2. The molecule has 1 aliphatic rings. The zero-order valence-corrected chi connectivity index (χ0v) is 9.27. The molecule has 2 aromatic rings. The maximum atomic E-state index is 13.5. The van der Waals surface area contributed by atoms with Crippen molar-refractivity contribution in [1.29, 1.82) is 5.26 Å². The first kappa shape index (κ1) is 9.56. The number of fused-ring (bicyclic) bond motifs is 3. The van der Waals surface area contributed by atoms with E-state index in [0.29, 0.717) is 0 Å². The van der Waals surface area contributed by atoms with Gasteiger partial charge in [0.1, 0.15) is 11.9 Å². The fraction of sp³-hybridized carbons (Fsp3) is 0.154. The molecule has 1 nitrogen and oxygen atoms in total. The van der Waals surface area contributed by atoms with Crippen LogP contribution < -0.4 is 0 Å². The number of hydrogen-bond acceptors (Lipinski definition) is 2. The number of aryl methyl sites for hydroxylation is 1. The molecule has 0 bridgehead atoms. The highest BCUT2D eigenvalue weighted by atomic mass is 32.1. The van der Waals surface area contributed by atoms with Crippen molar-refractivity contribution >= 4 is 11.3 Å². The Morgan fingerprint density at radius 3 is 2.94 bits per heavy atom. The van der Waals surface area contributed by atoms with E-state index in [2.05, 4.69) is 11.4 Å². The molecule has 1 aliphatic carbocycles. The summed E-state index contributed by atoms with van der Waals surface area (Å²) in [7, 11) is 0. The van der Waals surface area contributed by atoms with Gasteiger partial charge in [-0.1, -0.05) is 6.07 Å². The minimum atomic E-state index is -0.402. The Bertz CT molecular complexity index is 607. The Labute approximate surface area is 96.8 Å². The molecule has 1 heterocycles. The number of nitrogens with zero attached hydrogens (tertiary/aromatic N) is 1. The van der Waals surface area contributed by atoms with Crippen LogP contribution in [0.4, 0.5) is 4.39 Å². The highest BCUT2D eigenvalue weighted by Crippen LogP contribution is 2.39. The highest BCUT2D eigenvalue weighted by molar-refractivity contribution is 7.13. The van der Waals surface area contributed by atoms with E-state index in [1.807, 2.05) is 6.07 Å². The molecule has 3 heteroatoms. The summed E-state index contributed by atoms with van der Waals surface area (Å²) in [6.45, 7) is 0. The van der Waals surface area contributed by atoms with E-state index in [0.717, 1.165) is 24.0 Å². The van der Waals surface area contributed by atoms with Crippen LogP contribution in [0.3, 0.4) is 0 Å². The number of hydrogen-bond donors (Lipinski definition) is 0. The summed E-state index contributed by atoms with van der Waals surface area (Å²) in [4.78, 5) is 1.19. The Hall–Kier alpha value is -1.66. The molecule has 78 valence electrons. The molecule has 1 aromatic carbocycles. The molecule has 3 rings (SSSR count).